The number of nitrogens with zero attached hydrogens (tertiary/aromatic N) is 1. The van der Waals surface area contributed by atoms with Crippen LogP contribution in [0, 0.1) is 5.82 Å². The molecule has 0 saturated heterocycles. The van der Waals surface area contributed by atoms with E-state index in [0.717, 1.165) is 29.8 Å². The van der Waals surface area contributed by atoms with Gasteiger partial charge < -0.3 is 24.8 Å². The zero-order valence-corrected chi connectivity index (χ0v) is 17.3. The van der Waals surface area contributed by atoms with Crippen LogP contribution >= 0.6 is 0 Å². The average Bonchev–Trinajstić information content (AvgIpc) is 2.74. The highest BCUT2D eigenvalue weighted by Gasteiger charge is 2.04. The molecule has 29 heavy (non-hydrogen) atoms. The van der Waals surface area contributed by atoms with E-state index in [2.05, 4.69) is 15.6 Å². The van der Waals surface area contributed by atoms with Gasteiger partial charge in [0.15, 0.2) is 5.96 Å². The third-order valence-corrected chi connectivity index (χ3v) is 4.17. The zero-order chi connectivity index (χ0) is 20.9. The van der Waals surface area contributed by atoms with Crippen molar-refractivity contribution in [1.82, 2.24) is 10.6 Å². The van der Waals surface area contributed by atoms with Crippen molar-refractivity contribution in [2.75, 3.05) is 34.0 Å². The molecule has 0 spiro atoms. The van der Waals surface area contributed by atoms with E-state index in [1.807, 2.05) is 31.2 Å². The molecule has 2 rings (SSSR count). The van der Waals surface area contributed by atoms with E-state index in [1.54, 1.807) is 13.2 Å². The van der Waals surface area contributed by atoms with Crippen molar-refractivity contribution in [3.63, 3.8) is 0 Å². The summed E-state index contributed by atoms with van der Waals surface area (Å²) in [6.07, 6.45) is 0.866. The SMILES string of the molecule is CCOCCCNC(=NCc1cc(F)cc(OC)c1)NCc1ccc(OC)cc1. The van der Waals surface area contributed by atoms with Gasteiger partial charge in [0.2, 0.25) is 0 Å². The van der Waals surface area contributed by atoms with Gasteiger partial charge >= 0.3 is 0 Å². The molecule has 0 aliphatic heterocycles. The first-order chi connectivity index (χ1) is 14.1. The van der Waals surface area contributed by atoms with Crippen LogP contribution in [-0.2, 0) is 17.8 Å². The van der Waals surface area contributed by atoms with E-state index < -0.39 is 0 Å². The van der Waals surface area contributed by atoms with Crippen LogP contribution in [0.5, 0.6) is 11.5 Å². The summed E-state index contributed by atoms with van der Waals surface area (Å²) in [4.78, 5) is 4.58. The number of benzene rings is 2. The Labute approximate surface area is 172 Å². The Morgan fingerprint density at radius 1 is 0.966 bits per heavy atom. The van der Waals surface area contributed by atoms with Crippen molar-refractivity contribution in [2.24, 2.45) is 4.99 Å². The molecule has 7 heteroatoms. The first kappa shape index (κ1) is 22.5. The summed E-state index contributed by atoms with van der Waals surface area (Å²) in [5, 5.41) is 6.60. The van der Waals surface area contributed by atoms with Crippen molar-refractivity contribution >= 4 is 5.96 Å². The molecular formula is C22H30FN3O3. The lowest BCUT2D eigenvalue weighted by Crippen LogP contribution is -2.37. The number of aliphatic imine (C=N–C) groups is 1. The van der Waals surface area contributed by atoms with Gasteiger partial charge in [0.25, 0.3) is 0 Å². The summed E-state index contributed by atoms with van der Waals surface area (Å²) < 4.78 is 29.4. The highest BCUT2D eigenvalue weighted by Crippen LogP contribution is 2.16. The number of rotatable bonds is 11. The summed E-state index contributed by atoms with van der Waals surface area (Å²) >= 11 is 0. The van der Waals surface area contributed by atoms with Crippen molar-refractivity contribution in [2.45, 2.75) is 26.4 Å². The summed E-state index contributed by atoms with van der Waals surface area (Å²) in [6, 6.07) is 12.4. The largest absolute Gasteiger partial charge is 0.497 e. The minimum Gasteiger partial charge on any atom is -0.497 e. The van der Waals surface area contributed by atoms with Crippen LogP contribution in [0.2, 0.25) is 0 Å². The second-order valence-electron chi connectivity index (χ2n) is 6.34. The molecule has 0 saturated carbocycles. The lowest BCUT2D eigenvalue weighted by molar-refractivity contribution is 0.145. The lowest BCUT2D eigenvalue weighted by atomic mass is 10.2. The fourth-order valence-corrected chi connectivity index (χ4v) is 2.63. The predicted octanol–water partition coefficient (Wildman–Crippen LogP) is 3.50. The normalized spacial score (nSPS) is 11.2. The molecule has 0 fully saturated rings. The maximum Gasteiger partial charge on any atom is 0.191 e. The van der Waals surface area contributed by atoms with Crippen molar-refractivity contribution in [3.8, 4) is 11.5 Å². The summed E-state index contributed by atoms with van der Waals surface area (Å²) in [5.41, 5.74) is 1.84. The highest BCUT2D eigenvalue weighted by atomic mass is 19.1. The fraction of sp³-hybridized carbons (Fsp3) is 0.409. The molecule has 2 aromatic rings. The van der Waals surface area contributed by atoms with E-state index >= 15 is 0 Å². The van der Waals surface area contributed by atoms with Gasteiger partial charge in [-0.2, -0.15) is 0 Å². The number of hydrogen-bond donors (Lipinski definition) is 2. The third kappa shape index (κ3) is 8.39. The zero-order valence-electron chi connectivity index (χ0n) is 17.3. The molecule has 0 radical (unpaired) electrons. The van der Waals surface area contributed by atoms with E-state index in [4.69, 9.17) is 14.2 Å². The van der Waals surface area contributed by atoms with Crippen LogP contribution < -0.4 is 20.1 Å². The average molecular weight is 403 g/mol. The Balaban J connectivity index is 2.00. The fourth-order valence-electron chi connectivity index (χ4n) is 2.63. The Kier molecular flexibility index (Phi) is 9.78. The monoisotopic (exact) mass is 403 g/mol. The molecule has 0 bridgehead atoms. The molecule has 0 unspecified atom stereocenters. The van der Waals surface area contributed by atoms with E-state index in [-0.39, 0.29) is 5.82 Å². The van der Waals surface area contributed by atoms with E-state index in [1.165, 1.54) is 19.2 Å². The van der Waals surface area contributed by atoms with Gasteiger partial charge in [-0.3, -0.25) is 0 Å². The molecule has 0 aliphatic rings. The number of nitrogens with one attached hydrogen (secondary N) is 2. The minimum absolute atomic E-state index is 0.331. The van der Waals surface area contributed by atoms with Crippen LogP contribution in [0.1, 0.15) is 24.5 Å². The van der Waals surface area contributed by atoms with E-state index in [0.29, 0.717) is 38.0 Å². The van der Waals surface area contributed by atoms with Crippen molar-refractivity contribution in [3.05, 3.63) is 59.4 Å². The Bertz CT molecular complexity index is 766. The quantitative estimate of drug-likeness (QED) is 0.342. The molecule has 2 aromatic carbocycles. The number of methoxy groups -OCH3 is 2. The predicted molar refractivity (Wildman–Crippen MR) is 113 cm³/mol. The molecule has 0 atom stereocenters. The van der Waals surface area contributed by atoms with Crippen LogP contribution in [-0.4, -0.2) is 39.9 Å². The number of ether oxygens (including phenoxy) is 3. The minimum atomic E-state index is -0.341. The molecule has 6 nitrogen and oxygen atoms in total. The molecule has 0 heterocycles. The molecule has 0 amide bonds. The van der Waals surface area contributed by atoms with Gasteiger partial charge in [-0.1, -0.05) is 12.1 Å². The van der Waals surface area contributed by atoms with Crippen LogP contribution in [0.25, 0.3) is 0 Å². The second-order valence-corrected chi connectivity index (χ2v) is 6.34. The number of halogens is 1. The topological polar surface area (TPSA) is 64.1 Å². The third-order valence-electron chi connectivity index (χ3n) is 4.17. The van der Waals surface area contributed by atoms with Crippen LogP contribution in [0.4, 0.5) is 4.39 Å². The standard InChI is InChI=1S/C22H30FN3O3/c1-4-29-11-5-10-24-22(25-15-17-6-8-20(27-2)9-7-17)26-16-18-12-19(23)14-21(13-18)28-3/h6-9,12-14H,4-5,10-11,15-16H2,1-3H3,(H2,24,25,26). The van der Waals surface area contributed by atoms with Gasteiger partial charge in [0, 0.05) is 32.4 Å². The second kappa shape index (κ2) is 12.6. The van der Waals surface area contributed by atoms with Gasteiger partial charge in [0.1, 0.15) is 17.3 Å². The number of guanidine groups is 1. The number of hydrogen-bond acceptors (Lipinski definition) is 4. The first-order valence-electron chi connectivity index (χ1n) is 9.71. The van der Waals surface area contributed by atoms with Crippen LogP contribution in [0.3, 0.4) is 0 Å². The van der Waals surface area contributed by atoms with Gasteiger partial charge in [-0.15, -0.1) is 0 Å². The Morgan fingerprint density at radius 3 is 2.41 bits per heavy atom. The van der Waals surface area contributed by atoms with Crippen LogP contribution in [0.15, 0.2) is 47.5 Å². The lowest BCUT2D eigenvalue weighted by Gasteiger charge is -2.13. The molecule has 0 aromatic heterocycles. The Morgan fingerprint density at radius 2 is 1.72 bits per heavy atom. The molecular weight excluding hydrogens is 373 g/mol. The summed E-state index contributed by atoms with van der Waals surface area (Å²) in [7, 11) is 3.16. The molecule has 0 aliphatic carbocycles. The first-order valence-corrected chi connectivity index (χ1v) is 9.71. The van der Waals surface area contributed by atoms with Gasteiger partial charge in [-0.05, 0) is 48.7 Å². The maximum atomic E-state index is 13.7. The van der Waals surface area contributed by atoms with Gasteiger partial charge in [-0.25, -0.2) is 9.38 Å². The molecule has 2 N–H and O–H groups in total. The summed E-state index contributed by atoms with van der Waals surface area (Å²) in [6.45, 7) is 5.03. The smallest absolute Gasteiger partial charge is 0.191 e. The van der Waals surface area contributed by atoms with Crippen molar-refractivity contribution in [1.29, 1.82) is 0 Å². The van der Waals surface area contributed by atoms with Gasteiger partial charge in [0.05, 0.1) is 20.8 Å². The Hall–Kier alpha value is -2.80. The van der Waals surface area contributed by atoms with E-state index in [9.17, 15) is 4.39 Å². The van der Waals surface area contributed by atoms with Crippen molar-refractivity contribution < 1.29 is 18.6 Å². The summed E-state index contributed by atoms with van der Waals surface area (Å²) in [5.74, 6) is 1.61. The highest BCUT2D eigenvalue weighted by molar-refractivity contribution is 5.79. The maximum absolute atomic E-state index is 13.7. The molecule has 158 valence electrons.